The lowest BCUT2D eigenvalue weighted by Crippen LogP contribution is -2.47. The number of hydrogen-bond acceptors (Lipinski definition) is 8. The number of aromatic nitrogens is 1. The number of amides is 1. The highest BCUT2D eigenvalue weighted by Gasteiger charge is 2.35. The minimum absolute atomic E-state index is 0.0408. The number of ketones is 3. The van der Waals surface area contributed by atoms with Crippen molar-refractivity contribution in [3.8, 4) is 11.8 Å². The number of benzene rings is 1. The van der Waals surface area contributed by atoms with Gasteiger partial charge in [-0.1, -0.05) is 26.3 Å². The van der Waals surface area contributed by atoms with Crippen LogP contribution in [0.2, 0.25) is 0 Å². The third kappa shape index (κ3) is 8.28. The van der Waals surface area contributed by atoms with Crippen LogP contribution in [0.4, 0.5) is 0 Å². The summed E-state index contributed by atoms with van der Waals surface area (Å²) in [6.45, 7) is 6.02. The van der Waals surface area contributed by atoms with Gasteiger partial charge in [-0.3, -0.25) is 24.0 Å². The zero-order valence-electron chi connectivity index (χ0n) is 25.1. The van der Waals surface area contributed by atoms with Crippen molar-refractivity contribution < 1.29 is 33.4 Å². The van der Waals surface area contributed by atoms with Crippen LogP contribution >= 0.6 is 0 Å². The molecule has 1 fully saturated rings. The Kier molecular flexibility index (Phi) is 11.0. The molecule has 0 spiro atoms. The van der Waals surface area contributed by atoms with Crippen LogP contribution in [0, 0.1) is 34.5 Å². The van der Waals surface area contributed by atoms with Crippen LogP contribution < -0.4 is 10.1 Å². The number of ether oxygens (including phenoxy) is 2. The number of esters is 1. The number of aromatic amines is 1. The molecule has 1 saturated carbocycles. The summed E-state index contributed by atoms with van der Waals surface area (Å²) in [5.41, 5.74) is -0.351. The van der Waals surface area contributed by atoms with Gasteiger partial charge in [-0.15, -0.1) is 0 Å². The van der Waals surface area contributed by atoms with Gasteiger partial charge < -0.3 is 19.8 Å². The third-order valence-electron chi connectivity index (χ3n) is 7.74. The lowest BCUT2D eigenvalue weighted by atomic mass is 9.82. The first-order chi connectivity index (χ1) is 19.9. The van der Waals surface area contributed by atoms with Crippen molar-refractivity contribution in [2.45, 2.75) is 78.7 Å². The van der Waals surface area contributed by atoms with Crippen LogP contribution in [0.25, 0.3) is 10.9 Å². The van der Waals surface area contributed by atoms with Crippen LogP contribution in [0.5, 0.6) is 5.75 Å². The fourth-order valence-electron chi connectivity index (χ4n) is 5.25. The van der Waals surface area contributed by atoms with E-state index in [2.05, 4.69) is 10.3 Å². The quantitative estimate of drug-likeness (QED) is 0.241. The van der Waals surface area contributed by atoms with Gasteiger partial charge in [0.25, 0.3) is 0 Å². The largest absolute Gasteiger partial charge is 0.496 e. The molecule has 1 aromatic carbocycles. The molecule has 2 aromatic rings. The number of nitrogens with one attached hydrogen (secondary N) is 2. The van der Waals surface area contributed by atoms with E-state index in [0.717, 1.165) is 23.7 Å². The Hall–Kier alpha value is -4.00. The topological polar surface area (TPSA) is 155 Å². The molecule has 1 aliphatic carbocycles. The molecule has 0 saturated heterocycles. The molecule has 3 rings (SSSR count). The first-order valence-corrected chi connectivity index (χ1v) is 14.5. The number of methoxy groups -OCH3 is 1. The maximum atomic E-state index is 13.6. The minimum atomic E-state index is -1.44. The molecule has 1 aliphatic rings. The van der Waals surface area contributed by atoms with Crippen molar-refractivity contribution in [2.75, 3.05) is 13.7 Å². The highest BCUT2D eigenvalue weighted by molar-refractivity contribution is 6.02. The van der Waals surface area contributed by atoms with Gasteiger partial charge in [0.05, 0.1) is 24.9 Å². The lowest BCUT2D eigenvalue weighted by Gasteiger charge is -2.27. The molecule has 0 radical (unpaired) electrons. The average molecular weight is 580 g/mol. The molecule has 0 unspecified atom stereocenters. The summed E-state index contributed by atoms with van der Waals surface area (Å²) >= 11 is 0. The Labute approximate surface area is 246 Å². The number of rotatable bonds is 14. The summed E-state index contributed by atoms with van der Waals surface area (Å²) in [7, 11) is 1.55. The first kappa shape index (κ1) is 32.5. The van der Waals surface area contributed by atoms with Crippen molar-refractivity contribution in [1.82, 2.24) is 10.3 Å². The summed E-state index contributed by atoms with van der Waals surface area (Å²) in [5.74, 6) is -2.54. The normalized spacial score (nSPS) is 16.9. The smallest absolute Gasteiger partial charge is 0.326 e. The molecule has 42 heavy (non-hydrogen) atoms. The number of carbonyl (C=O) groups is 5. The summed E-state index contributed by atoms with van der Waals surface area (Å²) in [6, 6.07) is 7.91. The predicted molar refractivity (Wildman–Crippen MR) is 156 cm³/mol. The Morgan fingerprint density at radius 2 is 1.93 bits per heavy atom. The van der Waals surface area contributed by atoms with Crippen molar-refractivity contribution in [3.05, 3.63) is 30.0 Å². The van der Waals surface area contributed by atoms with Crippen molar-refractivity contribution in [1.29, 1.82) is 5.26 Å². The van der Waals surface area contributed by atoms with Crippen molar-refractivity contribution >= 4 is 40.1 Å². The monoisotopic (exact) mass is 579 g/mol. The van der Waals surface area contributed by atoms with Gasteiger partial charge in [0.2, 0.25) is 5.91 Å². The fourth-order valence-corrected chi connectivity index (χ4v) is 5.25. The van der Waals surface area contributed by atoms with Gasteiger partial charge in [-0.05, 0) is 63.6 Å². The first-order valence-electron chi connectivity index (χ1n) is 14.5. The average Bonchev–Trinajstić information content (AvgIpc) is 3.40. The molecule has 226 valence electrons. The number of hydrogen-bond donors (Lipinski definition) is 2. The molecule has 0 aliphatic heterocycles. The number of carbonyl (C=O) groups excluding carboxylic acids is 5. The maximum absolute atomic E-state index is 13.6. The van der Waals surface area contributed by atoms with Gasteiger partial charge in [0.15, 0.2) is 18.2 Å². The number of nitrogens with zero attached hydrogens (tertiary/aromatic N) is 1. The van der Waals surface area contributed by atoms with E-state index in [1.54, 1.807) is 19.2 Å². The van der Waals surface area contributed by atoms with E-state index in [9.17, 15) is 29.2 Å². The van der Waals surface area contributed by atoms with Gasteiger partial charge >= 0.3 is 5.97 Å². The van der Waals surface area contributed by atoms with Crippen molar-refractivity contribution in [3.63, 3.8) is 0 Å². The van der Waals surface area contributed by atoms with Crippen LogP contribution in [0.15, 0.2) is 24.3 Å². The fraction of sp³-hybridized carbons (Fsp3) is 0.562. The Balaban J connectivity index is 1.79. The highest BCUT2D eigenvalue weighted by Crippen LogP contribution is 2.29. The number of H-pyrrole nitrogens is 1. The summed E-state index contributed by atoms with van der Waals surface area (Å²) in [6.07, 6.45) is 3.06. The van der Waals surface area contributed by atoms with E-state index in [1.807, 2.05) is 32.0 Å². The second-order valence-corrected chi connectivity index (χ2v) is 12.0. The van der Waals surface area contributed by atoms with E-state index < -0.39 is 47.6 Å². The standard InChI is InChI=1S/C32H41N3O7/c1-19(2)13-21(15-27(37)25-16-22-23(34-25)10-8-12-29(22)41-5)30(39)35-24(14-20-9-6-7-11-26(20)36)28(38)17-42-31(40)32(3,4)18-33/h8,10,12,16,19-21,24,34H,6-7,9,11,13-15,17H2,1-5H3,(H,35,39)/t20-,21+,24-/m0/s1. The second-order valence-electron chi connectivity index (χ2n) is 12.0. The SMILES string of the molecule is COc1cccc2[nH]c(C(=O)C[C@@H](CC(C)C)C(=O)N[C@@H](C[C@@H]3CCCCC3=O)C(=O)COC(=O)C(C)(C)C#N)cc12. The predicted octanol–water partition coefficient (Wildman–Crippen LogP) is 4.71. The van der Waals surface area contributed by atoms with Gasteiger partial charge in [-0.2, -0.15) is 5.26 Å². The molecular formula is C32H41N3O7. The van der Waals surface area contributed by atoms with Crippen LogP contribution in [0.1, 0.15) is 83.1 Å². The second kappa shape index (κ2) is 14.3. The molecule has 2 N–H and O–H groups in total. The number of nitriles is 1. The Bertz CT molecular complexity index is 1370. The summed E-state index contributed by atoms with van der Waals surface area (Å²) in [5, 5.41) is 12.7. The van der Waals surface area contributed by atoms with Crippen LogP contribution in [-0.4, -0.2) is 54.0 Å². The molecular weight excluding hydrogens is 538 g/mol. The molecule has 10 heteroatoms. The Morgan fingerprint density at radius 1 is 1.19 bits per heavy atom. The molecule has 0 bridgehead atoms. The summed E-state index contributed by atoms with van der Waals surface area (Å²) < 4.78 is 10.5. The van der Waals surface area contributed by atoms with E-state index in [-0.39, 0.29) is 30.3 Å². The van der Waals surface area contributed by atoms with Gasteiger partial charge in [0, 0.05) is 35.6 Å². The van der Waals surface area contributed by atoms with Crippen LogP contribution in [0.3, 0.4) is 0 Å². The van der Waals surface area contributed by atoms with Crippen molar-refractivity contribution in [2.24, 2.45) is 23.2 Å². The van der Waals surface area contributed by atoms with Crippen LogP contribution in [-0.2, 0) is 23.9 Å². The van der Waals surface area contributed by atoms with Gasteiger partial charge in [-0.25, -0.2) is 0 Å². The molecule has 1 heterocycles. The van der Waals surface area contributed by atoms with E-state index in [1.165, 1.54) is 13.8 Å². The molecule has 3 atom stereocenters. The van der Waals surface area contributed by atoms with E-state index in [0.29, 0.717) is 30.7 Å². The maximum Gasteiger partial charge on any atom is 0.326 e. The zero-order chi connectivity index (χ0) is 31.0. The van der Waals surface area contributed by atoms with E-state index in [4.69, 9.17) is 9.47 Å². The summed E-state index contributed by atoms with van der Waals surface area (Å²) in [4.78, 5) is 68.2. The third-order valence-corrected chi connectivity index (χ3v) is 7.74. The zero-order valence-corrected chi connectivity index (χ0v) is 25.1. The lowest BCUT2D eigenvalue weighted by molar-refractivity contribution is -0.154. The number of Topliss-reactive ketones (excluding diaryl/α,β-unsaturated/α-hetero) is 3. The molecule has 1 aromatic heterocycles. The minimum Gasteiger partial charge on any atom is -0.496 e. The highest BCUT2D eigenvalue weighted by atomic mass is 16.5. The number of fused-ring (bicyclic) bond motifs is 1. The molecule has 10 nitrogen and oxygen atoms in total. The van der Waals surface area contributed by atoms with E-state index >= 15 is 0 Å². The Morgan fingerprint density at radius 3 is 2.57 bits per heavy atom. The molecule has 1 amide bonds. The van der Waals surface area contributed by atoms with Gasteiger partial charge in [0.1, 0.15) is 16.9 Å².